The first-order chi connectivity index (χ1) is 13.0. The van der Waals surface area contributed by atoms with Crippen molar-refractivity contribution < 1.29 is 14.3 Å². The van der Waals surface area contributed by atoms with E-state index in [0.29, 0.717) is 11.5 Å². The first-order valence-corrected chi connectivity index (χ1v) is 8.62. The number of hydrogen-bond acceptors (Lipinski definition) is 5. The number of aromatic amines is 1. The first kappa shape index (κ1) is 18.4. The molecule has 1 aromatic carbocycles. The van der Waals surface area contributed by atoms with Crippen LogP contribution < -0.4 is 5.32 Å². The Morgan fingerprint density at radius 2 is 1.89 bits per heavy atom. The van der Waals surface area contributed by atoms with Gasteiger partial charge in [-0.1, -0.05) is 30.3 Å². The molecule has 0 aliphatic carbocycles. The van der Waals surface area contributed by atoms with Gasteiger partial charge in [0.05, 0.1) is 11.9 Å². The van der Waals surface area contributed by atoms with Gasteiger partial charge >= 0.3 is 5.97 Å². The average Bonchev–Trinajstić information content (AvgIpc) is 3.32. The Morgan fingerprint density at radius 1 is 1.15 bits per heavy atom. The molecule has 0 radical (unpaired) electrons. The number of nitrogens with one attached hydrogen (secondary N) is 2. The first-order valence-electron chi connectivity index (χ1n) is 8.62. The van der Waals surface area contributed by atoms with Crippen LogP contribution in [0.1, 0.15) is 37.3 Å². The SMILES string of the molecule is CC(C)n1nccc1NC(=O)[C@@H](C)OC(=O)c1cc(-c2ccccc2)n[nH]1. The Morgan fingerprint density at radius 3 is 2.59 bits per heavy atom. The second kappa shape index (κ2) is 7.86. The second-order valence-electron chi connectivity index (χ2n) is 6.32. The van der Waals surface area contributed by atoms with Gasteiger partial charge in [-0.2, -0.15) is 10.2 Å². The molecular weight excluding hydrogens is 346 g/mol. The van der Waals surface area contributed by atoms with E-state index in [2.05, 4.69) is 20.6 Å². The monoisotopic (exact) mass is 367 g/mol. The van der Waals surface area contributed by atoms with Crippen LogP contribution in [0.2, 0.25) is 0 Å². The van der Waals surface area contributed by atoms with Crippen LogP contribution in [-0.2, 0) is 9.53 Å². The topological polar surface area (TPSA) is 102 Å². The van der Waals surface area contributed by atoms with E-state index in [1.165, 1.54) is 6.92 Å². The number of H-pyrrole nitrogens is 1. The lowest BCUT2D eigenvalue weighted by molar-refractivity contribution is -0.123. The minimum absolute atomic E-state index is 0.0922. The van der Waals surface area contributed by atoms with Crippen LogP contribution in [0.15, 0.2) is 48.7 Å². The van der Waals surface area contributed by atoms with Crippen molar-refractivity contribution in [2.24, 2.45) is 0 Å². The third kappa shape index (κ3) is 4.22. The Bertz CT molecular complexity index is 930. The number of esters is 1. The number of hydrogen-bond donors (Lipinski definition) is 2. The van der Waals surface area contributed by atoms with Gasteiger partial charge in [0.25, 0.3) is 5.91 Å². The smallest absolute Gasteiger partial charge is 0.357 e. The van der Waals surface area contributed by atoms with Crippen LogP contribution in [0.5, 0.6) is 0 Å². The van der Waals surface area contributed by atoms with Crippen molar-refractivity contribution in [3.05, 3.63) is 54.4 Å². The van der Waals surface area contributed by atoms with Crippen LogP contribution in [0.25, 0.3) is 11.3 Å². The summed E-state index contributed by atoms with van der Waals surface area (Å²) in [5.41, 5.74) is 1.68. The zero-order valence-corrected chi connectivity index (χ0v) is 15.3. The summed E-state index contributed by atoms with van der Waals surface area (Å²) in [6, 6.07) is 12.8. The normalized spacial score (nSPS) is 12.0. The maximum absolute atomic E-state index is 12.3. The molecule has 140 valence electrons. The molecule has 2 aromatic heterocycles. The van der Waals surface area contributed by atoms with Crippen LogP contribution in [0.3, 0.4) is 0 Å². The van der Waals surface area contributed by atoms with Gasteiger partial charge in [0.2, 0.25) is 0 Å². The Labute approximate surface area is 156 Å². The van der Waals surface area contributed by atoms with E-state index in [9.17, 15) is 9.59 Å². The third-order valence-corrected chi connectivity index (χ3v) is 3.93. The van der Waals surface area contributed by atoms with E-state index in [1.807, 2.05) is 44.2 Å². The molecule has 27 heavy (non-hydrogen) atoms. The lowest BCUT2D eigenvalue weighted by atomic mass is 10.1. The lowest BCUT2D eigenvalue weighted by Crippen LogP contribution is -2.31. The molecule has 2 N–H and O–H groups in total. The number of carbonyl (C=O) groups is 2. The van der Waals surface area contributed by atoms with Gasteiger partial charge < -0.3 is 10.1 Å². The standard InChI is InChI=1S/C19H21N5O3/c1-12(2)24-17(9-10-20-24)21-18(25)13(3)27-19(26)16-11-15(22-23-16)14-7-5-4-6-8-14/h4-13H,1-3H3,(H,21,25)(H,22,23)/t13-/m1/s1. The summed E-state index contributed by atoms with van der Waals surface area (Å²) >= 11 is 0. The fourth-order valence-corrected chi connectivity index (χ4v) is 2.51. The molecule has 8 nitrogen and oxygen atoms in total. The Kier molecular flexibility index (Phi) is 5.35. The molecule has 0 fully saturated rings. The molecule has 0 saturated carbocycles. The van der Waals surface area contributed by atoms with E-state index >= 15 is 0 Å². The number of amides is 1. The second-order valence-corrected chi connectivity index (χ2v) is 6.32. The highest BCUT2D eigenvalue weighted by molar-refractivity contribution is 5.96. The highest BCUT2D eigenvalue weighted by Crippen LogP contribution is 2.18. The molecule has 0 unspecified atom stereocenters. The molecule has 3 aromatic rings. The summed E-state index contributed by atoms with van der Waals surface area (Å²) < 4.78 is 6.92. The van der Waals surface area contributed by atoms with E-state index in [0.717, 1.165) is 5.56 Å². The van der Waals surface area contributed by atoms with Gasteiger partial charge in [0, 0.05) is 17.7 Å². The van der Waals surface area contributed by atoms with Crippen LogP contribution in [0.4, 0.5) is 5.82 Å². The predicted octanol–water partition coefficient (Wildman–Crippen LogP) is 3.04. The Balaban J connectivity index is 1.63. The average molecular weight is 367 g/mol. The van der Waals surface area contributed by atoms with E-state index in [1.54, 1.807) is 23.0 Å². The summed E-state index contributed by atoms with van der Waals surface area (Å²) in [7, 11) is 0. The number of anilines is 1. The predicted molar refractivity (Wildman–Crippen MR) is 100 cm³/mol. The molecule has 0 aliphatic rings. The van der Waals surface area contributed by atoms with Crippen LogP contribution >= 0.6 is 0 Å². The van der Waals surface area contributed by atoms with Crippen molar-refractivity contribution in [2.45, 2.75) is 32.9 Å². The number of aromatic nitrogens is 4. The van der Waals surface area contributed by atoms with Crippen LogP contribution in [0, 0.1) is 0 Å². The molecule has 1 amide bonds. The quantitative estimate of drug-likeness (QED) is 0.652. The van der Waals surface area contributed by atoms with Crippen LogP contribution in [-0.4, -0.2) is 38.0 Å². The van der Waals surface area contributed by atoms with Gasteiger partial charge in [-0.3, -0.25) is 9.89 Å². The maximum Gasteiger partial charge on any atom is 0.357 e. The summed E-state index contributed by atoms with van der Waals surface area (Å²) in [6.07, 6.45) is 0.624. The number of carbonyl (C=O) groups excluding carboxylic acids is 2. The van der Waals surface area contributed by atoms with E-state index in [-0.39, 0.29) is 11.7 Å². The summed E-state index contributed by atoms with van der Waals surface area (Å²) in [5, 5.41) is 13.6. The minimum Gasteiger partial charge on any atom is -0.448 e. The fourth-order valence-electron chi connectivity index (χ4n) is 2.51. The van der Waals surface area contributed by atoms with E-state index < -0.39 is 18.0 Å². The molecule has 0 saturated heterocycles. The fraction of sp³-hybridized carbons (Fsp3) is 0.263. The maximum atomic E-state index is 12.3. The number of benzene rings is 1. The van der Waals surface area contributed by atoms with Gasteiger partial charge in [0.15, 0.2) is 6.10 Å². The number of rotatable bonds is 6. The largest absolute Gasteiger partial charge is 0.448 e. The van der Waals surface area contributed by atoms with E-state index in [4.69, 9.17) is 4.74 Å². The number of ether oxygens (including phenoxy) is 1. The van der Waals surface area contributed by atoms with Crippen molar-refractivity contribution in [3.63, 3.8) is 0 Å². The van der Waals surface area contributed by atoms with Gasteiger partial charge in [0.1, 0.15) is 11.5 Å². The highest BCUT2D eigenvalue weighted by Gasteiger charge is 2.22. The molecule has 0 spiro atoms. The van der Waals surface area contributed by atoms with Gasteiger partial charge in [-0.25, -0.2) is 9.48 Å². The van der Waals surface area contributed by atoms with Crippen molar-refractivity contribution in [1.82, 2.24) is 20.0 Å². The molecule has 3 rings (SSSR count). The zero-order valence-electron chi connectivity index (χ0n) is 15.3. The van der Waals surface area contributed by atoms with Crippen molar-refractivity contribution in [2.75, 3.05) is 5.32 Å². The summed E-state index contributed by atoms with van der Waals surface area (Å²) in [5.74, 6) is -0.538. The van der Waals surface area contributed by atoms with Crippen molar-refractivity contribution in [1.29, 1.82) is 0 Å². The zero-order chi connectivity index (χ0) is 19.4. The van der Waals surface area contributed by atoms with Crippen molar-refractivity contribution in [3.8, 4) is 11.3 Å². The molecular formula is C19H21N5O3. The molecule has 0 aliphatic heterocycles. The lowest BCUT2D eigenvalue weighted by Gasteiger charge is -2.15. The molecule has 2 heterocycles. The van der Waals surface area contributed by atoms with Gasteiger partial charge in [-0.15, -0.1) is 0 Å². The number of nitrogens with zero attached hydrogens (tertiary/aromatic N) is 3. The Hall–Kier alpha value is -3.42. The third-order valence-electron chi connectivity index (χ3n) is 3.93. The molecule has 1 atom stereocenters. The summed E-state index contributed by atoms with van der Waals surface area (Å²) in [4.78, 5) is 24.6. The highest BCUT2D eigenvalue weighted by atomic mass is 16.5. The minimum atomic E-state index is -0.975. The van der Waals surface area contributed by atoms with Crippen molar-refractivity contribution >= 4 is 17.7 Å². The molecule has 8 heteroatoms. The van der Waals surface area contributed by atoms with Gasteiger partial charge in [-0.05, 0) is 26.8 Å². The molecule has 0 bridgehead atoms. The summed E-state index contributed by atoms with van der Waals surface area (Å²) in [6.45, 7) is 5.42.